The van der Waals surface area contributed by atoms with Gasteiger partial charge < -0.3 is 19.2 Å². The van der Waals surface area contributed by atoms with Gasteiger partial charge in [-0.2, -0.15) is 0 Å². The van der Waals surface area contributed by atoms with Crippen LogP contribution in [-0.2, 0) is 6.42 Å². The molecular formula is C16H20ClNO3. The quantitative estimate of drug-likeness (QED) is 0.844. The monoisotopic (exact) mass is 309 g/mol. The van der Waals surface area contributed by atoms with Crippen LogP contribution in [0.1, 0.15) is 24.3 Å². The molecule has 0 bridgehead atoms. The van der Waals surface area contributed by atoms with E-state index in [1.807, 2.05) is 24.3 Å². The first kappa shape index (κ1) is 15.7. The van der Waals surface area contributed by atoms with Gasteiger partial charge in [-0.25, -0.2) is 0 Å². The van der Waals surface area contributed by atoms with E-state index < -0.39 is 0 Å². The highest BCUT2D eigenvalue weighted by molar-refractivity contribution is 6.32. The van der Waals surface area contributed by atoms with Crippen LogP contribution in [0.15, 0.2) is 34.9 Å². The third-order valence-electron chi connectivity index (χ3n) is 3.29. The average molecular weight is 310 g/mol. The molecule has 114 valence electrons. The molecular weight excluding hydrogens is 290 g/mol. The number of benzene rings is 1. The van der Waals surface area contributed by atoms with Gasteiger partial charge in [0, 0.05) is 12.5 Å². The molecule has 0 aliphatic rings. The van der Waals surface area contributed by atoms with Crippen molar-refractivity contribution in [2.24, 2.45) is 0 Å². The first-order chi connectivity index (χ1) is 10.2. The second kappa shape index (κ2) is 7.38. The van der Waals surface area contributed by atoms with Crippen molar-refractivity contribution < 1.29 is 13.9 Å². The lowest BCUT2D eigenvalue weighted by molar-refractivity contribution is 0.353. The van der Waals surface area contributed by atoms with Crippen molar-refractivity contribution in [3.05, 3.63) is 46.9 Å². The first-order valence-electron chi connectivity index (χ1n) is 6.86. The van der Waals surface area contributed by atoms with E-state index in [0.717, 1.165) is 24.3 Å². The summed E-state index contributed by atoms with van der Waals surface area (Å²) in [6.45, 7) is 2.91. The van der Waals surface area contributed by atoms with Crippen LogP contribution in [0.2, 0.25) is 5.02 Å². The van der Waals surface area contributed by atoms with Gasteiger partial charge in [0.15, 0.2) is 11.5 Å². The second-order valence-corrected chi connectivity index (χ2v) is 5.04. The number of likely N-dealkylation sites (N-methyl/N-ethyl adjacent to an activating group) is 1. The van der Waals surface area contributed by atoms with E-state index in [4.69, 9.17) is 25.5 Å². The van der Waals surface area contributed by atoms with Crippen LogP contribution in [0.3, 0.4) is 0 Å². The molecule has 0 radical (unpaired) electrons. The maximum absolute atomic E-state index is 6.28. The normalized spacial score (nSPS) is 12.2. The van der Waals surface area contributed by atoms with E-state index in [2.05, 4.69) is 12.2 Å². The molecule has 0 spiro atoms. The van der Waals surface area contributed by atoms with Gasteiger partial charge in [-0.3, -0.25) is 0 Å². The first-order valence-corrected chi connectivity index (χ1v) is 7.24. The molecule has 1 atom stereocenters. The summed E-state index contributed by atoms with van der Waals surface area (Å²) in [5.74, 6) is 2.10. The molecule has 21 heavy (non-hydrogen) atoms. The topological polar surface area (TPSA) is 43.6 Å². The lowest BCUT2D eigenvalue weighted by Crippen LogP contribution is -2.23. The van der Waals surface area contributed by atoms with Gasteiger partial charge in [0.25, 0.3) is 0 Å². The van der Waals surface area contributed by atoms with Gasteiger partial charge in [0.1, 0.15) is 5.76 Å². The summed E-state index contributed by atoms with van der Waals surface area (Å²) in [7, 11) is 3.18. The highest BCUT2D eigenvalue weighted by atomic mass is 35.5. The average Bonchev–Trinajstić information content (AvgIpc) is 2.99. The minimum Gasteiger partial charge on any atom is -0.493 e. The molecule has 0 aliphatic carbocycles. The summed E-state index contributed by atoms with van der Waals surface area (Å²) in [5, 5.41) is 3.97. The van der Waals surface area contributed by atoms with Crippen molar-refractivity contribution in [2.45, 2.75) is 19.4 Å². The van der Waals surface area contributed by atoms with E-state index in [9.17, 15) is 0 Å². The molecule has 2 rings (SSSR count). The number of hydrogen-bond acceptors (Lipinski definition) is 4. The van der Waals surface area contributed by atoms with Gasteiger partial charge in [0.05, 0.1) is 25.5 Å². The lowest BCUT2D eigenvalue weighted by atomic mass is 10.0. The van der Waals surface area contributed by atoms with Crippen LogP contribution in [-0.4, -0.2) is 20.8 Å². The predicted molar refractivity (Wildman–Crippen MR) is 83.4 cm³/mol. The molecule has 4 nitrogen and oxygen atoms in total. The Morgan fingerprint density at radius 2 is 2.10 bits per heavy atom. The Bertz CT molecular complexity index is 569. The molecule has 2 aromatic rings. The lowest BCUT2D eigenvalue weighted by Gasteiger charge is -2.20. The Morgan fingerprint density at radius 1 is 1.29 bits per heavy atom. The van der Waals surface area contributed by atoms with Crippen LogP contribution in [0.5, 0.6) is 11.5 Å². The van der Waals surface area contributed by atoms with Gasteiger partial charge in [0.2, 0.25) is 0 Å². The third-order valence-corrected chi connectivity index (χ3v) is 3.57. The van der Waals surface area contributed by atoms with Crippen molar-refractivity contribution in [1.29, 1.82) is 0 Å². The molecule has 1 unspecified atom stereocenters. The summed E-state index contributed by atoms with van der Waals surface area (Å²) < 4.78 is 16.1. The van der Waals surface area contributed by atoms with Crippen molar-refractivity contribution in [3.63, 3.8) is 0 Å². The predicted octanol–water partition coefficient (Wildman–Crippen LogP) is 3.84. The van der Waals surface area contributed by atoms with Crippen molar-refractivity contribution in [2.75, 3.05) is 20.8 Å². The molecule has 1 N–H and O–H groups in total. The Hall–Kier alpha value is -1.65. The Kier molecular flexibility index (Phi) is 5.53. The molecule has 1 heterocycles. The molecule has 0 saturated heterocycles. The van der Waals surface area contributed by atoms with Crippen LogP contribution in [0.25, 0.3) is 0 Å². The molecule has 0 saturated carbocycles. The van der Waals surface area contributed by atoms with E-state index in [1.54, 1.807) is 20.5 Å². The summed E-state index contributed by atoms with van der Waals surface area (Å²) in [6, 6.07) is 7.80. The highest BCUT2D eigenvalue weighted by Crippen LogP contribution is 2.38. The number of rotatable bonds is 7. The van der Waals surface area contributed by atoms with Crippen molar-refractivity contribution in [3.8, 4) is 11.5 Å². The Morgan fingerprint density at radius 3 is 2.67 bits per heavy atom. The number of halogens is 1. The number of furan rings is 1. The van der Waals surface area contributed by atoms with E-state index >= 15 is 0 Å². The van der Waals surface area contributed by atoms with Gasteiger partial charge >= 0.3 is 0 Å². The zero-order valence-corrected chi connectivity index (χ0v) is 13.2. The van der Waals surface area contributed by atoms with Gasteiger partial charge in [-0.05, 0) is 36.4 Å². The largest absolute Gasteiger partial charge is 0.493 e. The number of nitrogens with one attached hydrogen (secondary N) is 1. The molecule has 0 fully saturated rings. The zero-order chi connectivity index (χ0) is 15.2. The fourth-order valence-electron chi connectivity index (χ4n) is 2.32. The van der Waals surface area contributed by atoms with Crippen molar-refractivity contribution in [1.82, 2.24) is 5.32 Å². The standard InChI is InChI=1S/C16H20ClNO3/c1-4-18-14(10-12-6-5-7-21-12)11-8-13(17)16(20-3)15(9-11)19-2/h5-9,14,18H,4,10H2,1-3H3. The highest BCUT2D eigenvalue weighted by Gasteiger charge is 2.18. The smallest absolute Gasteiger partial charge is 0.179 e. The molecule has 0 amide bonds. The Balaban J connectivity index is 2.33. The summed E-state index contributed by atoms with van der Waals surface area (Å²) >= 11 is 6.28. The third kappa shape index (κ3) is 3.71. The summed E-state index contributed by atoms with van der Waals surface area (Å²) in [4.78, 5) is 0. The minimum absolute atomic E-state index is 0.0958. The van der Waals surface area contributed by atoms with E-state index in [0.29, 0.717) is 16.5 Å². The van der Waals surface area contributed by atoms with E-state index in [1.165, 1.54) is 0 Å². The van der Waals surface area contributed by atoms with Crippen LogP contribution in [0.4, 0.5) is 0 Å². The second-order valence-electron chi connectivity index (χ2n) is 4.63. The Labute approximate surface area is 130 Å². The molecule has 1 aromatic carbocycles. The number of ether oxygens (including phenoxy) is 2. The van der Waals surface area contributed by atoms with Crippen LogP contribution in [0, 0.1) is 0 Å². The summed E-state index contributed by atoms with van der Waals surface area (Å²) in [5.41, 5.74) is 1.04. The number of hydrogen-bond donors (Lipinski definition) is 1. The van der Waals surface area contributed by atoms with Gasteiger partial charge in [-0.1, -0.05) is 18.5 Å². The fourth-order valence-corrected chi connectivity index (χ4v) is 2.62. The fraction of sp³-hybridized carbons (Fsp3) is 0.375. The molecule has 1 aromatic heterocycles. The molecule has 0 aliphatic heterocycles. The molecule has 5 heteroatoms. The zero-order valence-electron chi connectivity index (χ0n) is 12.5. The maximum Gasteiger partial charge on any atom is 0.179 e. The SMILES string of the molecule is CCNC(Cc1ccco1)c1cc(Cl)c(OC)c(OC)c1. The maximum atomic E-state index is 6.28. The minimum atomic E-state index is 0.0958. The number of methoxy groups -OCH3 is 2. The summed E-state index contributed by atoms with van der Waals surface area (Å²) in [6.07, 6.45) is 2.42. The van der Waals surface area contributed by atoms with Crippen LogP contribution >= 0.6 is 11.6 Å². The van der Waals surface area contributed by atoms with Crippen LogP contribution < -0.4 is 14.8 Å². The van der Waals surface area contributed by atoms with Gasteiger partial charge in [-0.15, -0.1) is 0 Å². The van der Waals surface area contributed by atoms with E-state index in [-0.39, 0.29) is 6.04 Å². The van der Waals surface area contributed by atoms with Crippen molar-refractivity contribution >= 4 is 11.6 Å².